The molecule has 0 aliphatic rings. The van der Waals surface area contributed by atoms with Crippen LogP contribution in [-0.4, -0.2) is 29.7 Å². The fraction of sp³-hybridized carbons (Fsp3) is 0.556. The largest absolute Gasteiger partial charge is 0.383 e. The van der Waals surface area contributed by atoms with Crippen LogP contribution < -0.4 is 5.32 Å². The van der Waals surface area contributed by atoms with E-state index in [2.05, 4.69) is 22.2 Å². The second-order valence-electron chi connectivity index (χ2n) is 2.98. The van der Waals surface area contributed by atoms with E-state index in [1.54, 1.807) is 19.5 Å². The van der Waals surface area contributed by atoms with Gasteiger partial charge in [0.15, 0.2) is 0 Å². The van der Waals surface area contributed by atoms with E-state index < -0.39 is 0 Å². The van der Waals surface area contributed by atoms with E-state index in [1.807, 2.05) is 0 Å². The summed E-state index contributed by atoms with van der Waals surface area (Å²) in [5.74, 6) is 0. The van der Waals surface area contributed by atoms with Gasteiger partial charge in [-0.1, -0.05) is 0 Å². The zero-order valence-corrected chi connectivity index (χ0v) is 8.03. The van der Waals surface area contributed by atoms with Crippen molar-refractivity contribution in [2.45, 2.75) is 19.5 Å². The standard InChI is InChI=1S/C9H15N3O/c1-8(6-13-2)12-5-9-3-10-7-11-4-9/h3-4,7-8,12H,5-6H2,1-2H3. The quantitative estimate of drug-likeness (QED) is 0.722. The fourth-order valence-electron chi connectivity index (χ4n) is 1.02. The molecule has 4 heteroatoms. The smallest absolute Gasteiger partial charge is 0.115 e. The van der Waals surface area contributed by atoms with E-state index in [4.69, 9.17) is 4.74 Å². The fourth-order valence-corrected chi connectivity index (χ4v) is 1.02. The minimum absolute atomic E-state index is 0.352. The van der Waals surface area contributed by atoms with E-state index in [1.165, 1.54) is 6.33 Å². The van der Waals surface area contributed by atoms with Crippen LogP contribution in [0.3, 0.4) is 0 Å². The summed E-state index contributed by atoms with van der Waals surface area (Å²) in [6.45, 7) is 3.58. The Bertz CT molecular complexity index is 228. The summed E-state index contributed by atoms with van der Waals surface area (Å²) < 4.78 is 5.00. The van der Waals surface area contributed by atoms with E-state index in [0.29, 0.717) is 12.6 Å². The Morgan fingerprint density at radius 3 is 2.77 bits per heavy atom. The molecule has 1 atom stereocenters. The monoisotopic (exact) mass is 181 g/mol. The number of rotatable bonds is 5. The summed E-state index contributed by atoms with van der Waals surface area (Å²) in [4.78, 5) is 7.85. The summed E-state index contributed by atoms with van der Waals surface area (Å²) in [5.41, 5.74) is 1.09. The van der Waals surface area contributed by atoms with Crippen LogP contribution in [0.4, 0.5) is 0 Å². The number of nitrogens with one attached hydrogen (secondary N) is 1. The maximum absolute atomic E-state index is 5.00. The Morgan fingerprint density at radius 1 is 1.46 bits per heavy atom. The Hall–Kier alpha value is -1.00. The van der Waals surface area contributed by atoms with Crippen molar-refractivity contribution in [3.63, 3.8) is 0 Å². The molecular formula is C9H15N3O. The number of nitrogens with zero attached hydrogens (tertiary/aromatic N) is 2. The molecule has 1 aromatic heterocycles. The molecular weight excluding hydrogens is 166 g/mol. The molecule has 1 unspecified atom stereocenters. The van der Waals surface area contributed by atoms with Gasteiger partial charge in [-0.3, -0.25) is 0 Å². The van der Waals surface area contributed by atoms with E-state index in [0.717, 1.165) is 12.1 Å². The molecule has 1 heterocycles. The molecule has 0 saturated heterocycles. The molecule has 0 aliphatic heterocycles. The molecule has 0 aromatic carbocycles. The third-order valence-electron chi connectivity index (χ3n) is 1.69. The summed E-state index contributed by atoms with van der Waals surface area (Å²) in [5, 5.41) is 3.29. The van der Waals surface area contributed by atoms with Crippen LogP contribution in [0.2, 0.25) is 0 Å². The molecule has 0 bridgehead atoms. The number of ether oxygens (including phenoxy) is 1. The number of methoxy groups -OCH3 is 1. The number of hydrogen-bond acceptors (Lipinski definition) is 4. The van der Waals surface area contributed by atoms with Gasteiger partial charge < -0.3 is 10.1 Å². The first-order valence-corrected chi connectivity index (χ1v) is 4.29. The highest BCUT2D eigenvalue weighted by Crippen LogP contribution is 1.93. The predicted octanol–water partition coefficient (Wildman–Crippen LogP) is 0.601. The lowest BCUT2D eigenvalue weighted by molar-refractivity contribution is 0.171. The second-order valence-corrected chi connectivity index (χ2v) is 2.98. The van der Waals surface area contributed by atoms with Gasteiger partial charge in [0.25, 0.3) is 0 Å². The van der Waals surface area contributed by atoms with Crippen LogP contribution >= 0.6 is 0 Å². The average Bonchev–Trinajstić information content (AvgIpc) is 2.17. The minimum atomic E-state index is 0.352. The van der Waals surface area contributed by atoms with Crippen molar-refractivity contribution in [3.05, 3.63) is 24.3 Å². The molecule has 72 valence electrons. The van der Waals surface area contributed by atoms with Gasteiger partial charge in [-0.2, -0.15) is 0 Å². The van der Waals surface area contributed by atoms with Crippen molar-refractivity contribution >= 4 is 0 Å². The van der Waals surface area contributed by atoms with Gasteiger partial charge >= 0.3 is 0 Å². The van der Waals surface area contributed by atoms with E-state index in [9.17, 15) is 0 Å². The molecule has 0 amide bonds. The Kier molecular flexibility index (Phi) is 4.35. The first-order valence-electron chi connectivity index (χ1n) is 4.29. The van der Waals surface area contributed by atoms with Crippen molar-refractivity contribution < 1.29 is 4.74 Å². The minimum Gasteiger partial charge on any atom is -0.383 e. The zero-order valence-electron chi connectivity index (χ0n) is 8.03. The Morgan fingerprint density at radius 2 is 2.15 bits per heavy atom. The molecule has 0 spiro atoms. The van der Waals surface area contributed by atoms with Gasteiger partial charge in [0, 0.05) is 37.7 Å². The van der Waals surface area contributed by atoms with E-state index >= 15 is 0 Å². The van der Waals surface area contributed by atoms with Gasteiger partial charge in [0.1, 0.15) is 6.33 Å². The van der Waals surface area contributed by atoms with Gasteiger partial charge in [0.05, 0.1) is 6.61 Å². The van der Waals surface area contributed by atoms with Gasteiger partial charge in [-0.15, -0.1) is 0 Å². The Balaban J connectivity index is 2.27. The SMILES string of the molecule is COCC(C)NCc1cncnc1. The maximum atomic E-state index is 5.00. The van der Waals surface area contributed by atoms with Crippen LogP contribution in [0.5, 0.6) is 0 Å². The molecule has 13 heavy (non-hydrogen) atoms. The number of hydrogen-bond donors (Lipinski definition) is 1. The lowest BCUT2D eigenvalue weighted by atomic mass is 10.3. The highest BCUT2D eigenvalue weighted by atomic mass is 16.5. The zero-order chi connectivity index (χ0) is 9.52. The summed E-state index contributed by atoms with van der Waals surface area (Å²) in [6.07, 6.45) is 5.14. The average molecular weight is 181 g/mol. The molecule has 0 saturated carbocycles. The molecule has 0 fully saturated rings. The molecule has 1 rings (SSSR count). The third-order valence-corrected chi connectivity index (χ3v) is 1.69. The maximum Gasteiger partial charge on any atom is 0.115 e. The van der Waals surface area contributed by atoms with Gasteiger partial charge in [-0.25, -0.2) is 9.97 Å². The van der Waals surface area contributed by atoms with Gasteiger partial charge in [0.2, 0.25) is 0 Å². The Labute approximate surface area is 78.4 Å². The van der Waals surface area contributed by atoms with Gasteiger partial charge in [-0.05, 0) is 6.92 Å². The van der Waals surface area contributed by atoms with Crippen molar-refractivity contribution in [1.82, 2.24) is 15.3 Å². The molecule has 0 aliphatic carbocycles. The third kappa shape index (κ3) is 3.96. The lowest BCUT2D eigenvalue weighted by Crippen LogP contribution is -2.29. The second kappa shape index (κ2) is 5.61. The highest BCUT2D eigenvalue weighted by Gasteiger charge is 1.99. The van der Waals surface area contributed by atoms with Crippen LogP contribution in [0.25, 0.3) is 0 Å². The predicted molar refractivity (Wildman–Crippen MR) is 50.2 cm³/mol. The van der Waals surface area contributed by atoms with Crippen molar-refractivity contribution in [3.8, 4) is 0 Å². The van der Waals surface area contributed by atoms with Crippen molar-refractivity contribution in [2.24, 2.45) is 0 Å². The lowest BCUT2D eigenvalue weighted by Gasteiger charge is -2.11. The summed E-state index contributed by atoms with van der Waals surface area (Å²) >= 11 is 0. The summed E-state index contributed by atoms with van der Waals surface area (Å²) in [6, 6.07) is 0.352. The van der Waals surface area contributed by atoms with Crippen LogP contribution in [0.15, 0.2) is 18.7 Å². The van der Waals surface area contributed by atoms with Crippen LogP contribution in [-0.2, 0) is 11.3 Å². The molecule has 0 radical (unpaired) electrons. The molecule has 1 N–H and O–H groups in total. The van der Waals surface area contributed by atoms with Crippen molar-refractivity contribution in [1.29, 1.82) is 0 Å². The summed E-state index contributed by atoms with van der Waals surface area (Å²) in [7, 11) is 1.70. The first kappa shape index (κ1) is 10.1. The van der Waals surface area contributed by atoms with Crippen molar-refractivity contribution in [2.75, 3.05) is 13.7 Å². The van der Waals surface area contributed by atoms with E-state index in [-0.39, 0.29) is 0 Å². The normalized spacial score (nSPS) is 12.8. The molecule has 1 aromatic rings. The highest BCUT2D eigenvalue weighted by molar-refractivity contribution is 5.01. The van der Waals surface area contributed by atoms with Crippen LogP contribution in [0, 0.1) is 0 Å². The topological polar surface area (TPSA) is 47.0 Å². The number of aromatic nitrogens is 2. The molecule has 4 nitrogen and oxygen atoms in total. The first-order chi connectivity index (χ1) is 6.33. The van der Waals surface area contributed by atoms with Crippen LogP contribution in [0.1, 0.15) is 12.5 Å².